The number of carbonyl (C=O) groups is 2. The molecule has 0 radical (unpaired) electrons. The summed E-state index contributed by atoms with van der Waals surface area (Å²) in [6.45, 7) is 0. The maximum absolute atomic E-state index is 12.8. The number of benzene rings is 3. The third kappa shape index (κ3) is 3.55. The molecular formula is C23H18N2O3. The van der Waals surface area contributed by atoms with Gasteiger partial charge in [0.1, 0.15) is 6.04 Å². The molecule has 0 aliphatic carbocycles. The Labute approximate surface area is 161 Å². The van der Waals surface area contributed by atoms with Crippen LogP contribution in [0, 0.1) is 0 Å². The van der Waals surface area contributed by atoms with E-state index in [1.54, 1.807) is 18.2 Å². The number of fused-ring (bicyclic) bond motifs is 2. The Hall–Kier alpha value is -3.73. The van der Waals surface area contributed by atoms with Crippen molar-refractivity contribution in [3.05, 3.63) is 90.1 Å². The van der Waals surface area contributed by atoms with Gasteiger partial charge in [-0.1, -0.05) is 60.7 Å². The molecule has 138 valence electrons. The average molecular weight is 370 g/mol. The van der Waals surface area contributed by atoms with Gasteiger partial charge in [0.25, 0.3) is 5.91 Å². The molecule has 2 N–H and O–H groups in total. The van der Waals surface area contributed by atoms with Crippen LogP contribution in [0.3, 0.4) is 0 Å². The maximum Gasteiger partial charge on any atom is 0.326 e. The molecule has 28 heavy (non-hydrogen) atoms. The van der Waals surface area contributed by atoms with E-state index in [0.717, 1.165) is 21.7 Å². The highest BCUT2D eigenvalue weighted by atomic mass is 16.4. The van der Waals surface area contributed by atoms with Gasteiger partial charge in [-0.3, -0.25) is 9.78 Å². The number of aliphatic carboxylic acids is 1. The third-order valence-electron chi connectivity index (χ3n) is 4.71. The molecular weight excluding hydrogens is 352 g/mol. The number of pyridine rings is 1. The molecule has 0 unspecified atom stereocenters. The Bertz CT molecular complexity index is 1180. The van der Waals surface area contributed by atoms with Crippen LogP contribution in [-0.2, 0) is 11.2 Å². The summed E-state index contributed by atoms with van der Waals surface area (Å²) in [6, 6.07) is 23.2. The van der Waals surface area contributed by atoms with Crippen LogP contribution in [0.25, 0.3) is 21.7 Å². The van der Waals surface area contributed by atoms with Crippen molar-refractivity contribution < 1.29 is 14.7 Å². The fourth-order valence-electron chi connectivity index (χ4n) is 3.29. The number of nitrogens with one attached hydrogen (secondary N) is 1. The molecule has 0 bridgehead atoms. The summed E-state index contributed by atoms with van der Waals surface area (Å²) in [6.07, 6.45) is 0.108. The van der Waals surface area contributed by atoms with Gasteiger partial charge >= 0.3 is 5.97 Å². The Morgan fingerprint density at radius 3 is 2.39 bits per heavy atom. The molecule has 5 nitrogen and oxygen atoms in total. The van der Waals surface area contributed by atoms with Crippen molar-refractivity contribution in [3.8, 4) is 0 Å². The van der Waals surface area contributed by atoms with Gasteiger partial charge in [-0.25, -0.2) is 4.79 Å². The van der Waals surface area contributed by atoms with E-state index in [4.69, 9.17) is 0 Å². The van der Waals surface area contributed by atoms with E-state index in [1.165, 1.54) is 0 Å². The Morgan fingerprint density at radius 2 is 1.57 bits per heavy atom. The smallest absolute Gasteiger partial charge is 0.326 e. The molecule has 1 atom stereocenters. The van der Waals surface area contributed by atoms with Crippen LogP contribution in [0.4, 0.5) is 0 Å². The average Bonchev–Trinajstić information content (AvgIpc) is 2.72. The number of carboxylic acids is 1. The molecule has 0 aliphatic heterocycles. The first-order valence-electron chi connectivity index (χ1n) is 8.98. The molecule has 0 aliphatic rings. The third-order valence-corrected chi connectivity index (χ3v) is 4.71. The molecule has 1 aromatic heterocycles. The zero-order valence-electron chi connectivity index (χ0n) is 15.0. The van der Waals surface area contributed by atoms with Gasteiger partial charge in [0.05, 0.1) is 5.52 Å². The quantitative estimate of drug-likeness (QED) is 0.560. The van der Waals surface area contributed by atoms with Crippen LogP contribution >= 0.6 is 0 Å². The SMILES string of the molecule is O=C(N[C@@H](Cc1ccc2ccccc2n1)C(=O)O)c1cccc2ccccc12. The van der Waals surface area contributed by atoms with Crippen LogP contribution in [0.1, 0.15) is 16.1 Å². The highest BCUT2D eigenvalue weighted by Crippen LogP contribution is 2.19. The number of aromatic nitrogens is 1. The minimum Gasteiger partial charge on any atom is -0.480 e. The normalized spacial score (nSPS) is 12.0. The number of amides is 1. The summed E-state index contributed by atoms with van der Waals surface area (Å²) < 4.78 is 0. The van der Waals surface area contributed by atoms with Gasteiger partial charge in [-0.15, -0.1) is 0 Å². The van der Waals surface area contributed by atoms with E-state index in [2.05, 4.69) is 10.3 Å². The van der Waals surface area contributed by atoms with E-state index >= 15 is 0 Å². The second kappa shape index (κ2) is 7.48. The number of rotatable bonds is 5. The van der Waals surface area contributed by atoms with Crippen molar-refractivity contribution in [2.24, 2.45) is 0 Å². The number of hydrogen-bond acceptors (Lipinski definition) is 3. The Kier molecular flexibility index (Phi) is 4.72. The van der Waals surface area contributed by atoms with Gasteiger partial charge in [0.15, 0.2) is 0 Å². The minimum atomic E-state index is -1.09. The molecule has 5 heteroatoms. The predicted octanol–water partition coefficient (Wildman–Crippen LogP) is 3.81. The molecule has 3 aromatic carbocycles. The van der Waals surface area contributed by atoms with Crippen molar-refractivity contribution in [2.45, 2.75) is 12.5 Å². The van der Waals surface area contributed by atoms with Gasteiger partial charge in [-0.2, -0.15) is 0 Å². The second-order valence-corrected chi connectivity index (χ2v) is 6.59. The highest BCUT2D eigenvalue weighted by Gasteiger charge is 2.22. The number of carbonyl (C=O) groups excluding carboxylic acids is 1. The predicted molar refractivity (Wildman–Crippen MR) is 108 cm³/mol. The van der Waals surface area contributed by atoms with Crippen molar-refractivity contribution in [2.75, 3.05) is 0 Å². The molecule has 4 aromatic rings. The largest absolute Gasteiger partial charge is 0.480 e. The molecule has 1 heterocycles. The lowest BCUT2D eigenvalue weighted by Gasteiger charge is -2.15. The zero-order chi connectivity index (χ0) is 19.5. The topological polar surface area (TPSA) is 79.3 Å². The fraction of sp³-hybridized carbons (Fsp3) is 0.0870. The van der Waals surface area contributed by atoms with E-state index < -0.39 is 17.9 Å². The number of para-hydroxylation sites is 1. The van der Waals surface area contributed by atoms with Crippen LogP contribution in [0.15, 0.2) is 78.9 Å². The lowest BCUT2D eigenvalue weighted by Crippen LogP contribution is -2.42. The molecule has 4 rings (SSSR count). The van der Waals surface area contributed by atoms with Crippen molar-refractivity contribution in [1.82, 2.24) is 10.3 Å². The van der Waals surface area contributed by atoms with Gasteiger partial charge < -0.3 is 10.4 Å². The first kappa shape index (κ1) is 17.7. The van der Waals surface area contributed by atoms with Gasteiger partial charge in [0, 0.05) is 23.1 Å². The summed E-state index contributed by atoms with van der Waals surface area (Å²) in [5.74, 6) is -1.51. The van der Waals surface area contributed by atoms with Gasteiger partial charge in [-0.05, 0) is 29.0 Å². The van der Waals surface area contributed by atoms with E-state index in [-0.39, 0.29) is 6.42 Å². The highest BCUT2D eigenvalue weighted by molar-refractivity contribution is 6.07. The number of carboxylic acid groups (broad SMARTS) is 1. The van der Waals surface area contributed by atoms with E-state index in [0.29, 0.717) is 11.3 Å². The van der Waals surface area contributed by atoms with Crippen LogP contribution < -0.4 is 5.32 Å². The second-order valence-electron chi connectivity index (χ2n) is 6.59. The fourth-order valence-corrected chi connectivity index (χ4v) is 3.29. The van der Waals surface area contributed by atoms with E-state index in [9.17, 15) is 14.7 Å². The molecule has 1 amide bonds. The van der Waals surface area contributed by atoms with Crippen LogP contribution in [0.5, 0.6) is 0 Å². The lowest BCUT2D eigenvalue weighted by molar-refractivity contribution is -0.139. The summed E-state index contributed by atoms with van der Waals surface area (Å²) in [5.41, 5.74) is 1.87. The van der Waals surface area contributed by atoms with Crippen molar-refractivity contribution >= 4 is 33.6 Å². The zero-order valence-corrected chi connectivity index (χ0v) is 15.0. The molecule has 0 saturated carbocycles. The van der Waals surface area contributed by atoms with Crippen molar-refractivity contribution in [3.63, 3.8) is 0 Å². The maximum atomic E-state index is 12.8. The van der Waals surface area contributed by atoms with E-state index in [1.807, 2.05) is 60.7 Å². The first-order valence-corrected chi connectivity index (χ1v) is 8.98. The summed E-state index contributed by atoms with van der Waals surface area (Å²) in [7, 11) is 0. The van der Waals surface area contributed by atoms with Crippen LogP contribution in [0.2, 0.25) is 0 Å². The summed E-state index contributed by atoms with van der Waals surface area (Å²) >= 11 is 0. The van der Waals surface area contributed by atoms with Crippen molar-refractivity contribution in [1.29, 1.82) is 0 Å². The molecule has 0 saturated heterocycles. The monoisotopic (exact) mass is 370 g/mol. The molecule has 0 fully saturated rings. The van der Waals surface area contributed by atoms with Crippen LogP contribution in [-0.4, -0.2) is 28.0 Å². The summed E-state index contributed by atoms with van der Waals surface area (Å²) in [4.78, 5) is 29.0. The Morgan fingerprint density at radius 1 is 0.857 bits per heavy atom. The van der Waals surface area contributed by atoms with Gasteiger partial charge in [0.2, 0.25) is 0 Å². The number of hydrogen-bond donors (Lipinski definition) is 2. The Balaban J connectivity index is 1.59. The molecule has 0 spiro atoms. The number of nitrogens with zero attached hydrogens (tertiary/aromatic N) is 1. The first-order chi connectivity index (χ1) is 13.6. The summed E-state index contributed by atoms with van der Waals surface area (Å²) in [5, 5.41) is 15.0. The minimum absolute atomic E-state index is 0.108. The standard InChI is InChI=1S/C23H18N2O3/c26-22(19-10-5-8-15-6-1-3-9-18(15)19)25-21(23(27)28)14-17-13-12-16-7-2-4-11-20(16)24-17/h1-13,21H,14H2,(H,25,26)(H,27,28)/t21-/m0/s1. The lowest BCUT2D eigenvalue weighted by atomic mass is 10.0.